The van der Waals surface area contributed by atoms with Crippen LogP contribution < -0.4 is 4.90 Å². The first kappa shape index (κ1) is 11.5. The molecule has 0 radical (unpaired) electrons. The number of hydrogen-bond acceptors (Lipinski definition) is 4. The van der Waals surface area contributed by atoms with Gasteiger partial charge in [-0.1, -0.05) is 23.4 Å². The van der Waals surface area contributed by atoms with Gasteiger partial charge in [0.15, 0.2) is 0 Å². The Balaban J connectivity index is 1.93. The highest BCUT2D eigenvalue weighted by molar-refractivity contribution is 6.06. The molecule has 96 valence electrons. The number of rotatable bonds is 1. The van der Waals surface area contributed by atoms with Crippen LogP contribution in [-0.2, 0) is 4.74 Å². The van der Waals surface area contributed by atoms with Gasteiger partial charge in [0.1, 0.15) is 0 Å². The summed E-state index contributed by atoms with van der Waals surface area (Å²) in [6.45, 7) is 2.60. The lowest BCUT2D eigenvalue weighted by atomic mass is 9.96. The molecule has 1 fully saturated rings. The number of anilines is 1. The van der Waals surface area contributed by atoms with E-state index in [4.69, 9.17) is 9.94 Å². The van der Waals surface area contributed by atoms with Crippen molar-refractivity contribution < 1.29 is 9.94 Å². The summed E-state index contributed by atoms with van der Waals surface area (Å²) in [5.74, 6) is 0. The van der Waals surface area contributed by atoms with E-state index < -0.39 is 0 Å². The minimum absolute atomic E-state index is 0.458. The van der Waals surface area contributed by atoms with Gasteiger partial charge in [0, 0.05) is 30.8 Å². The van der Waals surface area contributed by atoms with Gasteiger partial charge in [-0.2, -0.15) is 0 Å². The second kappa shape index (κ2) is 4.98. The Morgan fingerprint density at radius 1 is 1.33 bits per heavy atom. The predicted molar refractivity (Wildman–Crippen MR) is 70.6 cm³/mol. The molecule has 3 rings (SSSR count). The van der Waals surface area contributed by atoms with Crippen LogP contribution in [0.3, 0.4) is 0 Å². The van der Waals surface area contributed by atoms with Gasteiger partial charge in [0.2, 0.25) is 0 Å². The lowest BCUT2D eigenvalue weighted by Crippen LogP contribution is -2.45. The van der Waals surface area contributed by atoms with E-state index in [1.54, 1.807) is 0 Å². The van der Waals surface area contributed by atoms with Crippen molar-refractivity contribution in [3.63, 3.8) is 0 Å². The van der Waals surface area contributed by atoms with Gasteiger partial charge in [-0.25, -0.2) is 0 Å². The third kappa shape index (κ3) is 1.97. The fraction of sp³-hybridized carbons (Fsp3) is 0.500. The molecule has 1 atom stereocenters. The maximum Gasteiger partial charge on any atom is 0.0906 e. The SMILES string of the molecule is O/N=C1/CCN(C2CCCOC2)c2ccccc21. The van der Waals surface area contributed by atoms with Gasteiger partial charge in [-0.3, -0.25) is 0 Å². The molecule has 2 heterocycles. The standard InChI is InChI=1S/C14H18N2O2/c17-15-13-7-8-16(11-4-3-9-18-10-11)14-6-2-1-5-12(13)14/h1-2,5-6,11,17H,3-4,7-10H2/b15-13-. The third-order valence-corrected chi connectivity index (χ3v) is 3.81. The van der Waals surface area contributed by atoms with E-state index in [2.05, 4.69) is 16.1 Å². The first-order valence-electron chi connectivity index (χ1n) is 6.55. The molecule has 0 saturated carbocycles. The molecule has 0 aliphatic carbocycles. The zero-order valence-corrected chi connectivity index (χ0v) is 10.4. The smallest absolute Gasteiger partial charge is 0.0906 e. The second-order valence-electron chi connectivity index (χ2n) is 4.88. The summed E-state index contributed by atoms with van der Waals surface area (Å²) in [4.78, 5) is 2.41. The Labute approximate surface area is 107 Å². The van der Waals surface area contributed by atoms with E-state index in [0.717, 1.165) is 43.9 Å². The summed E-state index contributed by atoms with van der Waals surface area (Å²) < 4.78 is 5.58. The minimum atomic E-state index is 0.458. The molecule has 2 aliphatic heterocycles. The van der Waals surface area contributed by atoms with Gasteiger partial charge >= 0.3 is 0 Å². The molecule has 0 spiro atoms. The number of nitrogens with zero attached hydrogens (tertiary/aromatic N) is 2. The van der Waals surface area contributed by atoms with Crippen LogP contribution in [0.4, 0.5) is 5.69 Å². The molecule has 1 aromatic rings. The molecule has 4 nitrogen and oxygen atoms in total. The lowest BCUT2D eigenvalue weighted by molar-refractivity contribution is 0.0792. The van der Waals surface area contributed by atoms with E-state index in [1.807, 2.05) is 18.2 Å². The average molecular weight is 246 g/mol. The summed E-state index contributed by atoms with van der Waals surface area (Å²) in [6.07, 6.45) is 3.11. The van der Waals surface area contributed by atoms with Gasteiger partial charge in [0.05, 0.1) is 18.4 Å². The van der Waals surface area contributed by atoms with Gasteiger partial charge in [-0.15, -0.1) is 0 Å². The lowest BCUT2D eigenvalue weighted by Gasteiger charge is -2.39. The predicted octanol–water partition coefficient (Wildman–Crippen LogP) is 2.25. The maximum atomic E-state index is 9.08. The van der Waals surface area contributed by atoms with Crippen LogP contribution in [0.15, 0.2) is 29.4 Å². The highest BCUT2D eigenvalue weighted by Gasteiger charge is 2.28. The topological polar surface area (TPSA) is 45.1 Å². The molecule has 1 unspecified atom stereocenters. The maximum absolute atomic E-state index is 9.08. The third-order valence-electron chi connectivity index (χ3n) is 3.81. The van der Waals surface area contributed by atoms with Crippen molar-refractivity contribution >= 4 is 11.4 Å². The van der Waals surface area contributed by atoms with Crippen molar-refractivity contribution in [2.45, 2.75) is 25.3 Å². The molecule has 1 aromatic carbocycles. The summed E-state index contributed by atoms with van der Waals surface area (Å²) in [7, 11) is 0. The van der Waals surface area contributed by atoms with Crippen molar-refractivity contribution in [1.29, 1.82) is 0 Å². The first-order chi connectivity index (χ1) is 8.90. The molecule has 1 N–H and O–H groups in total. The largest absolute Gasteiger partial charge is 0.411 e. The highest BCUT2D eigenvalue weighted by Crippen LogP contribution is 2.30. The van der Waals surface area contributed by atoms with Crippen molar-refractivity contribution in [2.24, 2.45) is 5.16 Å². The summed E-state index contributed by atoms with van der Waals surface area (Å²) in [6, 6.07) is 8.62. The number of fused-ring (bicyclic) bond motifs is 1. The molecule has 2 aliphatic rings. The minimum Gasteiger partial charge on any atom is -0.411 e. The van der Waals surface area contributed by atoms with Crippen LogP contribution >= 0.6 is 0 Å². The average Bonchev–Trinajstić information content (AvgIpc) is 2.47. The summed E-state index contributed by atoms with van der Waals surface area (Å²) in [5, 5.41) is 12.5. The molecular weight excluding hydrogens is 228 g/mol. The van der Waals surface area contributed by atoms with E-state index in [0.29, 0.717) is 6.04 Å². The van der Waals surface area contributed by atoms with Gasteiger partial charge < -0.3 is 14.8 Å². The van der Waals surface area contributed by atoms with Crippen LogP contribution in [0, 0.1) is 0 Å². The molecular formula is C14H18N2O2. The zero-order chi connectivity index (χ0) is 12.4. The van der Waals surface area contributed by atoms with Crippen LogP contribution in [0.1, 0.15) is 24.8 Å². The zero-order valence-electron chi connectivity index (χ0n) is 10.4. The molecule has 18 heavy (non-hydrogen) atoms. The monoisotopic (exact) mass is 246 g/mol. The van der Waals surface area contributed by atoms with E-state index in [9.17, 15) is 0 Å². The second-order valence-corrected chi connectivity index (χ2v) is 4.88. The fourth-order valence-corrected chi connectivity index (χ4v) is 2.90. The fourth-order valence-electron chi connectivity index (χ4n) is 2.90. The number of para-hydroxylation sites is 1. The summed E-state index contributed by atoms with van der Waals surface area (Å²) in [5.41, 5.74) is 3.02. The molecule has 0 amide bonds. The molecule has 0 aromatic heterocycles. The highest BCUT2D eigenvalue weighted by atomic mass is 16.5. The van der Waals surface area contributed by atoms with Gasteiger partial charge in [-0.05, 0) is 18.9 Å². The van der Waals surface area contributed by atoms with Crippen LogP contribution in [0.25, 0.3) is 0 Å². The summed E-state index contributed by atoms with van der Waals surface area (Å²) >= 11 is 0. The Bertz CT molecular complexity index is 453. The van der Waals surface area contributed by atoms with E-state index >= 15 is 0 Å². The van der Waals surface area contributed by atoms with Crippen LogP contribution in [-0.4, -0.2) is 36.7 Å². The Morgan fingerprint density at radius 2 is 2.22 bits per heavy atom. The molecule has 1 saturated heterocycles. The normalized spacial score (nSPS) is 26.1. The molecule has 4 heteroatoms. The Kier molecular flexibility index (Phi) is 3.19. The Morgan fingerprint density at radius 3 is 3.00 bits per heavy atom. The van der Waals surface area contributed by atoms with Gasteiger partial charge in [0.25, 0.3) is 0 Å². The molecule has 0 bridgehead atoms. The van der Waals surface area contributed by atoms with Crippen LogP contribution in [0.2, 0.25) is 0 Å². The Hall–Kier alpha value is -1.55. The van der Waals surface area contributed by atoms with Crippen molar-refractivity contribution in [3.8, 4) is 0 Å². The number of hydrogen-bond donors (Lipinski definition) is 1. The van der Waals surface area contributed by atoms with E-state index in [1.165, 1.54) is 12.1 Å². The van der Waals surface area contributed by atoms with Crippen LogP contribution in [0.5, 0.6) is 0 Å². The quantitative estimate of drug-likeness (QED) is 0.610. The number of oxime groups is 1. The van der Waals surface area contributed by atoms with Crippen molar-refractivity contribution in [2.75, 3.05) is 24.7 Å². The van der Waals surface area contributed by atoms with Crippen molar-refractivity contribution in [1.82, 2.24) is 0 Å². The first-order valence-corrected chi connectivity index (χ1v) is 6.55. The number of ether oxygens (including phenoxy) is 1. The van der Waals surface area contributed by atoms with E-state index in [-0.39, 0.29) is 0 Å². The number of benzene rings is 1. The van der Waals surface area contributed by atoms with Crippen molar-refractivity contribution in [3.05, 3.63) is 29.8 Å².